The molecule has 2 aromatic rings. The molecule has 1 amide bonds. The van der Waals surface area contributed by atoms with Crippen molar-refractivity contribution in [1.82, 2.24) is 14.5 Å². The first kappa shape index (κ1) is 16.1. The number of carbonyl (C=O) groups is 1. The number of halogens is 1. The van der Waals surface area contributed by atoms with E-state index < -0.39 is 0 Å². The Balaban J connectivity index is 1.51. The Morgan fingerprint density at radius 2 is 2.22 bits per heavy atom. The first-order valence-corrected chi connectivity index (χ1v) is 8.57. The summed E-state index contributed by atoms with van der Waals surface area (Å²) < 4.78 is 2.10. The van der Waals surface area contributed by atoms with Crippen LogP contribution in [0.4, 0.5) is 0 Å². The van der Waals surface area contributed by atoms with E-state index in [4.69, 9.17) is 11.6 Å². The van der Waals surface area contributed by atoms with Crippen LogP contribution in [0, 0.1) is 5.92 Å². The lowest BCUT2D eigenvalue weighted by atomic mass is 9.97. The molecular formula is C18H22ClN3O. The highest BCUT2D eigenvalue weighted by atomic mass is 35.5. The molecule has 1 aliphatic rings. The van der Waals surface area contributed by atoms with Crippen LogP contribution in [0.2, 0.25) is 5.02 Å². The van der Waals surface area contributed by atoms with Crippen molar-refractivity contribution in [1.29, 1.82) is 0 Å². The molecule has 0 aliphatic carbocycles. The van der Waals surface area contributed by atoms with E-state index in [0.29, 0.717) is 18.8 Å². The van der Waals surface area contributed by atoms with Crippen molar-refractivity contribution in [3.63, 3.8) is 0 Å². The van der Waals surface area contributed by atoms with Gasteiger partial charge in [0.05, 0.1) is 6.33 Å². The fraction of sp³-hybridized carbons (Fsp3) is 0.444. The molecule has 1 fully saturated rings. The van der Waals surface area contributed by atoms with E-state index in [-0.39, 0.29) is 5.91 Å². The Morgan fingerprint density at radius 1 is 1.35 bits per heavy atom. The van der Waals surface area contributed by atoms with Gasteiger partial charge in [0.1, 0.15) is 0 Å². The van der Waals surface area contributed by atoms with E-state index in [1.807, 2.05) is 41.7 Å². The van der Waals surface area contributed by atoms with Crippen molar-refractivity contribution in [3.05, 3.63) is 53.6 Å². The Labute approximate surface area is 142 Å². The molecule has 122 valence electrons. The molecule has 1 aromatic carbocycles. The van der Waals surface area contributed by atoms with Crippen molar-refractivity contribution in [2.24, 2.45) is 5.92 Å². The minimum Gasteiger partial charge on any atom is -0.342 e. The Morgan fingerprint density at radius 3 is 3.00 bits per heavy atom. The van der Waals surface area contributed by atoms with Crippen LogP contribution in [0.3, 0.4) is 0 Å². The van der Waals surface area contributed by atoms with Crippen LogP contribution in [-0.2, 0) is 17.8 Å². The molecule has 1 unspecified atom stereocenters. The number of piperidine rings is 1. The standard InChI is InChI=1S/C18H22ClN3O/c19-17-6-2-1-5-16(17)7-8-18(23)22-10-3-4-15(13-22)12-21-11-9-20-14-21/h1-2,5-6,9,11,14-15H,3-4,7-8,10,12-13H2. The topological polar surface area (TPSA) is 38.1 Å². The normalized spacial score (nSPS) is 18.1. The predicted octanol–water partition coefficient (Wildman–Crippen LogP) is 3.41. The maximum absolute atomic E-state index is 12.5. The fourth-order valence-electron chi connectivity index (χ4n) is 3.23. The fourth-order valence-corrected chi connectivity index (χ4v) is 3.46. The largest absolute Gasteiger partial charge is 0.342 e. The van der Waals surface area contributed by atoms with Crippen molar-refractivity contribution in [3.8, 4) is 0 Å². The molecule has 1 saturated heterocycles. The third kappa shape index (κ3) is 4.35. The van der Waals surface area contributed by atoms with E-state index in [0.717, 1.165) is 36.6 Å². The average Bonchev–Trinajstić information content (AvgIpc) is 3.07. The molecule has 4 nitrogen and oxygen atoms in total. The molecule has 3 rings (SSSR count). The summed E-state index contributed by atoms with van der Waals surface area (Å²) in [5, 5.41) is 0.747. The first-order valence-electron chi connectivity index (χ1n) is 8.19. The van der Waals surface area contributed by atoms with Gasteiger partial charge in [0.2, 0.25) is 5.91 Å². The second-order valence-corrected chi connectivity index (χ2v) is 6.61. The molecule has 2 heterocycles. The lowest BCUT2D eigenvalue weighted by molar-refractivity contribution is -0.133. The van der Waals surface area contributed by atoms with Gasteiger partial charge in [-0.25, -0.2) is 4.98 Å². The number of aromatic nitrogens is 2. The lowest BCUT2D eigenvalue weighted by Gasteiger charge is -2.33. The van der Waals surface area contributed by atoms with Gasteiger partial charge in [-0.1, -0.05) is 29.8 Å². The molecule has 0 spiro atoms. The van der Waals surface area contributed by atoms with Crippen molar-refractivity contribution < 1.29 is 4.79 Å². The number of hydrogen-bond donors (Lipinski definition) is 0. The number of amides is 1. The van der Waals surface area contributed by atoms with Crippen LogP contribution < -0.4 is 0 Å². The number of rotatable bonds is 5. The SMILES string of the molecule is O=C(CCc1ccccc1Cl)N1CCCC(Cn2ccnc2)C1. The zero-order valence-corrected chi connectivity index (χ0v) is 14.0. The van der Waals surface area contributed by atoms with Gasteiger partial charge < -0.3 is 9.47 Å². The summed E-state index contributed by atoms with van der Waals surface area (Å²) in [5.74, 6) is 0.752. The number of likely N-dealkylation sites (tertiary alicyclic amines) is 1. The van der Waals surface area contributed by atoms with Crippen molar-refractivity contribution >= 4 is 17.5 Å². The van der Waals surface area contributed by atoms with Crippen LogP contribution in [0.25, 0.3) is 0 Å². The highest BCUT2D eigenvalue weighted by Gasteiger charge is 2.23. The van der Waals surface area contributed by atoms with E-state index >= 15 is 0 Å². The summed E-state index contributed by atoms with van der Waals surface area (Å²) in [6.45, 7) is 2.66. The Hall–Kier alpha value is -1.81. The van der Waals surface area contributed by atoms with Gasteiger partial charge in [-0.2, -0.15) is 0 Å². The summed E-state index contributed by atoms with van der Waals surface area (Å²) in [6, 6.07) is 7.75. The second-order valence-electron chi connectivity index (χ2n) is 6.20. The zero-order chi connectivity index (χ0) is 16.1. The summed E-state index contributed by atoms with van der Waals surface area (Å²) >= 11 is 6.16. The van der Waals surface area contributed by atoms with Gasteiger partial charge in [-0.05, 0) is 36.8 Å². The molecule has 0 N–H and O–H groups in total. The van der Waals surface area contributed by atoms with Gasteiger partial charge in [0.15, 0.2) is 0 Å². The van der Waals surface area contributed by atoms with E-state index in [2.05, 4.69) is 9.55 Å². The Kier molecular flexibility index (Phi) is 5.34. The number of aryl methyl sites for hydroxylation is 1. The summed E-state index contributed by atoms with van der Waals surface area (Å²) in [4.78, 5) is 18.6. The highest BCUT2D eigenvalue weighted by molar-refractivity contribution is 6.31. The monoisotopic (exact) mass is 331 g/mol. The van der Waals surface area contributed by atoms with Crippen LogP contribution in [0.15, 0.2) is 43.0 Å². The molecule has 23 heavy (non-hydrogen) atoms. The molecule has 5 heteroatoms. The van der Waals surface area contributed by atoms with E-state index in [1.54, 1.807) is 6.20 Å². The van der Waals surface area contributed by atoms with E-state index in [9.17, 15) is 4.79 Å². The summed E-state index contributed by atoms with van der Waals surface area (Å²) in [5.41, 5.74) is 1.05. The van der Waals surface area contributed by atoms with Crippen molar-refractivity contribution in [2.45, 2.75) is 32.2 Å². The van der Waals surface area contributed by atoms with Gasteiger partial charge in [0, 0.05) is 43.5 Å². The van der Waals surface area contributed by atoms with Gasteiger partial charge in [0.25, 0.3) is 0 Å². The second kappa shape index (κ2) is 7.64. The van der Waals surface area contributed by atoms with Crippen LogP contribution >= 0.6 is 11.6 Å². The van der Waals surface area contributed by atoms with Crippen LogP contribution in [0.5, 0.6) is 0 Å². The minimum atomic E-state index is 0.236. The van der Waals surface area contributed by atoms with Gasteiger partial charge in [-0.3, -0.25) is 4.79 Å². The average molecular weight is 332 g/mol. The Bertz CT molecular complexity index is 641. The minimum absolute atomic E-state index is 0.236. The molecule has 0 saturated carbocycles. The quantitative estimate of drug-likeness (QED) is 0.842. The van der Waals surface area contributed by atoms with Gasteiger partial charge in [-0.15, -0.1) is 0 Å². The smallest absolute Gasteiger partial charge is 0.222 e. The number of nitrogens with zero attached hydrogens (tertiary/aromatic N) is 3. The molecular weight excluding hydrogens is 310 g/mol. The molecule has 1 aliphatic heterocycles. The summed E-state index contributed by atoms with van der Waals surface area (Å²) in [7, 11) is 0. The number of hydrogen-bond acceptors (Lipinski definition) is 2. The molecule has 1 aromatic heterocycles. The maximum Gasteiger partial charge on any atom is 0.222 e. The molecule has 1 atom stereocenters. The zero-order valence-electron chi connectivity index (χ0n) is 13.2. The van der Waals surface area contributed by atoms with Crippen LogP contribution in [0.1, 0.15) is 24.8 Å². The maximum atomic E-state index is 12.5. The van der Waals surface area contributed by atoms with Crippen LogP contribution in [-0.4, -0.2) is 33.4 Å². The lowest BCUT2D eigenvalue weighted by Crippen LogP contribution is -2.41. The predicted molar refractivity (Wildman–Crippen MR) is 91.3 cm³/mol. The van der Waals surface area contributed by atoms with E-state index in [1.165, 1.54) is 6.42 Å². The molecule has 0 bridgehead atoms. The first-order chi connectivity index (χ1) is 11.2. The third-order valence-corrected chi connectivity index (χ3v) is 4.83. The number of imidazole rings is 1. The number of carbonyl (C=O) groups excluding carboxylic acids is 1. The summed E-state index contributed by atoms with van der Waals surface area (Å²) in [6.07, 6.45) is 9.12. The highest BCUT2D eigenvalue weighted by Crippen LogP contribution is 2.21. The third-order valence-electron chi connectivity index (χ3n) is 4.47. The number of benzene rings is 1. The van der Waals surface area contributed by atoms with Crippen molar-refractivity contribution in [2.75, 3.05) is 13.1 Å². The van der Waals surface area contributed by atoms with Gasteiger partial charge >= 0.3 is 0 Å². The molecule has 0 radical (unpaired) electrons.